The van der Waals surface area contributed by atoms with Crippen molar-refractivity contribution in [1.82, 2.24) is 5.32 Å². The van der Waals surface area contributed by atoms with Crippen LogP contribution < -0.4 is 34.6 Å². The van der Waals surface area contributed by atoms with Crippen LogP contribution in [-0.2, 0) is 17.8 Å². The Labute approximate surface area is 236 Å². The smallest absolute Gasteiger partial charge is 0.311 e. The molecule has 1 aromatic heterocycles. The molecule has 3 aromatic carbocycles. The Morgan fingerprint density at radius 3 is 2.73 bits per heavy atom. The van der Waals surface area contributed by atoms with E-state index in [-0.39, 0.29) is 24.5 Å². The normalized spacial score (nSPS) is 12.9. The number of methoxy groups -OCH3 is 1. The van der Waals surface area contributed by atoms with Crippen LogP contribution in [0.15, 0.2) is 54.7 Å². The van der Waals surface area contributed by atoms with E-state index in [1.807, 2.05) is 18.3 Å². The summed E-state index contributed by atoms with van der Waals surface area (Å²) >= 11 is 0. The Balaban J connectivity index is 1.14. The minimum Gasteiger partial charge on any atom is -0.507 e. The van der Waals surface area contributed by atoms with Crippen LogP contribution in [0.1, 0.15) is 35.2 Å². The molecule has 4 N–H and O–H groups in total. The Kier molecular flexibility index (Phi) is 6.96. The number of nitrogen functional groups attached to an aromatic ring is 1. The fraction of sp³-hybridized carbons (Fsp3) is 0.258. The van der Waals surface area contributed by atoms with Gasteiger partial charge < -0.3 is 35.1 Å². The number of phenolic OH excluding ortho intramolecular Hbond substituents is 1. The van der Waals surface area contributed by atoms with E-state index in [0.29, 0.717) is 36.6 Å². The number of carbonyl (C=O) groups excluding carboxylic acids is 2. The molecule has 0 aliphatic carbocycles. The van der Waals surface area contributed by atoms with Gasteiger partial charge in [-0.2, -0.15) is 4.57 Å². The summed E-state index contributed by atoms with van der Waals surface area (Å²) in [5.41, 5.74) is 9.55. The maximum absolute atomic E-state index is 12.8. The number of anilines is 1. The number of pyridine rings is 1. The van der Waals surface area contributed by atoms with Gasteiger partial charge in [0.05, 0.1) is 23.6 Å². The molecule has 0 unspecified atom stereocenters. The van der Waals surface area contributed by atoms with Gasteiger partial charge in [-0.3, -0.25) is 9.59 Å². The van der Waals surface area contributed by atoms with E-state index in [1.54, 1.807) is 13.2 Å². The summed E-state index contributed by atoms with van der Waals surface area (Å²) in [6.07, 6.45) is 4.06. The highest BCUT2D eigenvalue weighted by molar-refractivity contribution is 5.97. The number of nitrogens with two attached hydrogens (primary N) is 1. The van der Waals surface area contributed by atoms with Gasteiger partial charge in [0.1, 0.15) is 5.75 Å². The molecule has 41 heavy (non-hydrogen) atoms. The average Bonchev–Trinajstić information content (AvgIpc) is 3.44. The molecule has 0 saturated carbocycles. The zero-order valence-electron chi connectivity index (χ0n) is 22.6. The zero-order chi connectivity index (χ0) is 28.5. The number of esters is 1. The fourth-order valence-electron chi connectivity index (χ4n) is 5.25. The number of aromatic nitrogens is 1. The van der Waals surface area contributed by atoms with E-state index >= 15 is 0 Å². The molecule has 2 aliphatic heterocycles. The van der Waals surface area contributed by atoms with Gasteiger partial charge in [0.25, 0.3) is 5.91 Å². The Bertz CT molecular complexity index is 1680. The van der Waals surface area contributed by atoms with Crippen LogP contribution >= 0.6 is 0 Å². The van der Waals surface area contributed by atoms with Crippen molar-refractivity contribution >= 4 is 28.3 Å². The summed E-state index contributed by atoms with van der Waals surface area (Å²) in [5.74, 6) is 1.42. The minimum atomic E-state index is -0.424. The van der Waals surface area contributed by atoms with Gasteiger partial charge in [-0.05, 0) is 66.3 Å². The van der Waals surface area contributed by atoms with Crippen molar-refractivity contribution in [3.63, 3.8) is 0 Å². The molecule has 0 saturated heterocycles. The lowest BCUT2D eigenvalue weighted by atomic mass is 9.95. The van der Waals surface area contributed by atoms with E-state index in [0.717, 1.165) is 46.5 Å². The standard InChI is InChI=1S/C31H29N3O7/c1-38-26-8-5-18-12-24-21-15-28-27(39-17-40-28)13-19(21)9-11-34(24)16-23(18)30(26)41-29(36)4-2-3-10-33-31(37)22-14-20(32)6-7-25(22)35/h5-8,12-16H,2-4,9-11,17,32H2,1H3,(H-,33,35,37)/p+1. The second-order valence-corrected chi connectivity index (χ2v) is 10.0. The van der Waals surface area contributed by atoms with Crippen molar-refractivity contribution in [2.24, 2.45) is 0 Å². The Morgan fingerprint density at radius 2 is 1.90 bits per heavy atom. The quantitative estimate of drug-likeness (QED) is 0.0744. The Hall–Kier alpha value is -4.99. The van der Waals surface area contributed by atoms with Gasteiger partial charge in [0.2, 0.25) is 12.5 Å². The first-order valence-corrected chi connectivity index (χ1v) is 13.5. The van der Waals surface area contributed by atoms with E-state index in [9.17, 15) is 14.7 Å². The number of nitrogens with one attached hydrogen (secondary N) is 1. The first-order valence-electron chi connectivity index (χ1n) is 13.5. The van der Waals surface area contributed by atoms with Crippen molar-refractivity contribution in [2.75, 3.05) is 26.2 Å². The van der Waals surface area contributed by atoms with Crippen LogP contribution in [0.3, 0.4) is 0 Å². The molecule has 210 valence electrons. The highest BCUT2D eigenvalue weighted by atomic mass is 16.7. The highest BCUT2D eigenvalue weighted by Crippen LogP contribution is 2.41. The molecule has 0 radical (unpaired) electrons. The SMILES string of the molecule is COc1ccc2cc3[n+](cc2c1OC(=O)CCCCNC(=O)c1cc(N)ccc1O)CCc1cc2c(cc1-3)OCO2. The molecule has 0 spiro atoms. The summed E-state index contributed by atoms with van der Waals surface area (Å²) in [5, 5.41) is 14.3. The first kappa shape index (κ1) is 26.2. The molecule has 3 heterocycles. The van der Waals surface area contributed by atoms with Crippen molar-refractivity contribution < 1.29 is 38.2 Å². The lowest BCUT2D eigenvalue weighted by molar-refractivity contribution is -0.686. The van der Waals surface area contributed by atoms with Crippen LogP contribution in [0, 0.1) is 0 Å². The maximum Gasteiger partial charge on any atom is 0.311 e. The molecule has 1 amide bonds. The zero-order valence-corrected chi connectivity index (χ0v) is 22.6. The van der Waals surface area contributed by atoms with E-state index in [4.69, 9.17) is 24.7 Å². The predicted octanol–water partition coefficient (Wildman–Crippen LogP) is 3.88. The number of phenols is 1. The summed E-state index contributed by atoms with van der Waals surface area (Å²) in [6.45, 7) is 1.33. The van der Waals surface area contributed by atoms with Crippen molar-refractivity contribution in [3.05, 3.63) is 65.9 Å². The number of hydrogen-bond acceptors (Lipinski definition) is 8. The van der Waals surface area contributed by atoms with Crippen molar-refractivity contribution in [2.45, 2.75) is 32.2 Å². The molecule has 4 aromatic rings. The van der Waals surface area contributed by atoms with Gasteiger partial charge in [-0.25, -0.2) is 0 Å². The topological polar surface area (TPSA) is 133 Å². The molecule has 0 bridgehead atoms. The van der Waals surface area contributed by atoms with Gasteiger partial charge >= 0.3 is 5.97 Å². The summed E-state index contributed by atoms with van der Waals surface area (Å²) < 4.78 is 24.7. The van der Waals surface area contributed by atoms with Gasteiger partial charge in [0, 0.05) is 31.1 Å². The fourth-order valence-corrected chi connectivity index (χ4v) is 5.25. The second-order valence-electron chi connectivity index (χ2n) is 10.0. The van der Waals surface area contributed by atoms with Crippen molar-refractivity contribution in [3.8, 4) is 40.0 Å². The van der Waals surface area contributed by atoms with Crippen LogP contribution in [0.4, 0.5) is 5.69 Å². The summed E-state index contributed by atoms with van der Waals surface area (Å²) in [4.78, 5) is 25.2. The molecular weight excluding hydrogens is 526 g/mol. The number of nitrogens with zero attached hydrogens (tertiary/aromatic N) is 1. The van der Waals surface area contributed by atoms with Crippen molar-refractivity contribution in [1.29, 1.82) is 0 Å². The third kappa shape index (κ3) is 5.16. The number of ether oxygens (including phenoxy) is 4. The van der Waals surface area contributed by atoms with Crippen LogP contribution in [0.5, 0.6) is 28.7 Å². The molecule has 10 heteroatoms. The third-order valence-electron chi connectivity index (χ3n) is 7.37. The number of hydrogen-bond donors (Lipinski definition) is 3. The summed E-state index contributed by atoms with van der Waals surface area (Å²) in [6, 6.07) is 14.2. The maximum atomic E-state index is 12.8. The molecule has 0 fully saturated rings. The average molecular weight is 557 g/mol. The lowest BCUT2D eigenvalue weighted by Gasteiger charge is -2.17. The number of aryl methyl sites for hydroxylation is 2. The van der Waals surface area contributed by atoms with E-state index in [2.05, 4.69) is 22.0 Å². The molecule has 0 atom stereocenters. The lowest BCUT2D eigenvalue weighted by Crippen LogP contribution is -2.40. The molecule has 2 aliphatic rings. The minimum absolute atomic E-state index is 0.113. The number of aromatic hydroxyl groups is 1. The van der Waals surface area contributed by atoms with Crippen LogP contribution in [0.2, 0.25) is 0 Å². The monoisotopic (exact) mass is 556 g/mol. The first-order chi connectivity index (χ1) is 19.9. The largest absolute Gasteiger partial charge is 0.507 e. The number of unbranched alkanes of at least 4 members (excludes halogenated alkanes) is 1. The third-order valence-corrected chi connectivity index (χ3v) is 7.37. The van der Waals surface area contributed by atoms with E-state index in [1.165, 1.54) is 23.8 Å². The second kappa shape index (κ2) is 10.9. The number of benzene rings is 3. The Morgan fingerprint density at radius 1 is 1.07 bits per heavy atom. The van der Waals surface area contributed by atoms with Gasteiger partial charge in [-0.1, -0.05) is 0 Å². The number of rotatable bonds is 8. The van der Waals surface area contributed by atoms with Gasteiger partial charge in [0.15, 0.2) is 35.7 Å². The van der Waals surface area contributed by atoms with Crippen LogP contribution in [-0.4, -0.2) is 37.4 Å². The summed E-state index contributed by atoms with van der Waals surface area (Å²) in [7, 11) is 1.55. The predicted molar refractivity (Wildman–Crippen MR) is 150 cm³/mol. The molecule has 6 rings (SSSR count). The highest BCUT2D eigenvalue weighted by Gasteiger charge is 2.29. The molecular formula is C31H30N3O7+. The van der Waals surface area contributed by atoms with E-state index < -0.39 is 11.9 Å². The van der Waals surface area contributed by atoms with Crippen LogP contribution in [0.25, 0.3) is 22.0 Å². The number of amides is 1. The number of carbonyl (C=O) groups is 2. The van der Waals surface area contributed by atoms with Gasteiger partial charge in [-0.15, -0.1) is 0 Å². The number of fused-ring (bicyclic) bond motifs is 5. The molecule has 10 nitrogen and oxygen atoms in total.